The number of aromatic nitrogens is 2. The first-order valence-electron chi connectivity index (χ1n) is 9.37. The van der Waals surface area contributed by atoms with Crippen LogP contribution in [0.5, 0.6) is 0 Å². The molecule has 12 heteroatoms. The molecule has 0 atom stereocenters. The first kappa shape index (κ1) is 23.2. The fraction of sp³-hybridized carbons (Fsp3) is 0.421. The van der Waals surface area contributed by atoms with Gasteiger partial charge >= 0.3 is 6.18 Å². The number of hydrogen-bond acceptors (Lipinski definition) is 4. The van der Waals surface area contributed by atoms with E-state index in [0.29, 0.717) is 36.9 Å². The van der Waals surface area contributed by atoms with E-state index in [0.717, 1.165) is 10.4 Å². The number of alkyl halides is 3. The molecule has 0 aliphatic carbocycles. The predicted octanol–water partition coefficient (Wildman–Crippen LogP) is 3.82. The Kier molecular flexibility index (Phi) is 6.70. The minimum absolute atomic E-state index is 0.0904. The summed E-state index contributed by atoms with van der Waals surface area (Å²) in [6, 6.07) is 5.26. The fourth-order valence-electron chi connectivity index (χ4n) is 3.30. The lowest BCUT2D eigenvalue weighted by atomic mass is 10.2. The monoisotopic (exact) mass is 477 g/mol. The molecular formula is C19H20Cl2F3N5O2. The standard InChI is InChI=1S/C19H20Cl2F3N5O2/c1-11-17(21)18(19(22,23)24)26-29(11)10-16(31)28-7-5-27(6-8-28)13-3-4-14(20)15(9-13)25-12(2)30/h3-4,9H,5-8,10H2,1-2H3,(H,25,30). The quantitative estimate of drug-likeness (QED) is 0.726. The number of rotatable bonds is 4. The Balaban J connectivity index is 1.64. The molecule has 31 heavy (non-hydrogen) atoms. The van der Waals surface area contributed by atoms with Gasteiger partial charge in [-0.25, -0.2) is 0 Å². The van der Waals surface area contributed by atoms with Crippen molar-refractivity contribution in [3.05, 3.63) is 39.6 Å². The van der Waals surface area contributed by atoms with E-state index in [9.17, 15) is 22.8 Å². The summed E-state index contributed by atoms with van der Waals surface area (Å²) in [4.78, 5) is 27.5. The second-order valence-electron chi connectivity index (χ2n) is 7.12. The van der Waals surface area contributed by atoms with Crippen molar-refractivity contribution in [1.29, 1.82) is 0 Å². The molecule has 1 fully saturated rings. The average Bonchev–Trinajstić information content (AvgIpc) is 2.98. The highest BCUT2D eigenvalue weighted by atomic mass is 35.5. The van der Waals surface area contributed by atoms with Crippen LogP contribution >= 0.6 is 23.2 Å². The highest BCUT2D eigenvalue weighted by molar-refractivity contribution is 6.33. The Morgan fingerprint density at radius 2 is 1.81 bits per heavy atom. The van der Waals surface area contributed by atoms with E-state index in [2.05, 4.69) is 10.4 Å². The minimum atomic E-state index is -4.68. The van der Waals surface area contributed by atoms with E-state index in [4.69, 9.17) is 23.2 Å². The van der Waals surface area contributed by atoms with Crippen molar-refractivity contribution in [2.75, 3.05) is 36.4 Å². The van der Waals surface area contributed by atoms with Crippen molar-refractivity contribution in [1.82, 2.24) is 14.7 Å². The third-order valence-electron chi connectivity index (χ3n) is 4.95. The number of benzene rings is 1. The van der Waals surface area contributed by atoms with Crippen LogP contribution in [0.2, 0.25) is 10.0 Å². The van der Waals surface area contributed by atoms with Gasteiger partial charge < -0.3 is 15.1 Å². The van der Waals surface area contributed by atoms with Gasteiger partial charge in [0.1, 0.15) is 6.54 Å². The lowest BCUT2D eigenvalue weighted by molar-refractivity contribution is -0.142. The molecular weight excluding hydrogens is 458 g/mol. The second kappa shape index (κ2) is 8.96. The van der Waals surface area contributed by atoms with Gasteiger partial charge in [-0.2, -0.15) is 18.3 Å². The van der Waals surface area contributed by atoms with E-state index in [1.54, 1.807) is 17.0 Å². The molecule has 1 aromatic heterocycles. The molecule has 0 bridgehead atoms. The van der Waals surface area contributed by atoms with Crippen molar-refractivity contribution < 1.29 is 22.8 Å². The number of anilines is 2. The van der Waals surface area contributed by atoms with E-state index < -0.39 is 16.9 Å². The molecule has 0 radical (unpaired) electrons. The molecule has 1 aromatic carbocycles. The van der Waals surface area contributed by atoms with Crippen LogP contribution < -0.4 is 10.2 Å². The second-order valence-corrected chi connectivity index (χ2v) is 7.90. The van der Waals surface area contributed by atoms with Crippen molar-refractivity contribution in [3.63, 3.8) is 0 Å². The van der Waals surface area contributed by atoms with E-state index >= 15 is 0 Å². The van der Waals surface area contributed by atoms with Gasteiger partial charge in [-0.1, -0.05) is 23.2 Å². The lowest BCUT2D eigenvalue weighted by Gasteiger charge is -2.36. The number of carbonyl (C=O) groups is 2. The zero-order chi connectivity index (χ0) is 22.9. The topological polar surface area (TPSA) is 70.5 Å². The van der Waals surface area contributed by atoms with Crippen molar-refractivity contribution in [2.45, 2.75) is 26.6 Å². The summed E-state index contributed by atoms with van der Waals surface area (Å²) in [7, 11) is 0. The summed E-state index contributed by atoms with van der Waals surface area (Å²) in [6.45, 7) is 4.26. The van der Waals surface area contributed by atoms with E-state index in [1.807, 2.05) is 11.0 Å². The lowest BCUT2D eigenvalue weighted by Crippen LogP contribution is -2.49. The molecule has 7 nitrogen and oxygen atoms in total. The molecule has 0 unspecified atom stereocenters. The summed E-state index contributed by atoms with van der Waals surface area (Å²) >= 11 is 11.8. The van der Waals surface area contributed by atoms with E-state index in [1.165, 1.54) is 13.8 Å². The number of nitrogens with zero attached hydrogens (tertiary/aromatic N) is 4. The van der Waals surface area contributed by atoms with Crippen LogP contribution in [0.25, 0.3) is 0 Å². The highest BCUT2D eigenvalue weighted by Crippen LogP contribution is 2.35. The summed E-state index contributed by atoms with van der Waals surface area (Å²) in [5, 5.41) is 6.06. The Bertz CT molecular complexity index is 1000. The molecule has 168 valence electrons. The highest BCUT2D eigenvalue weighted by Gasteiger charge is 2.38. The smallest absolute Gasteiger partial charge is 0.368 e. The van der Waals surface area contributed by atoms with Crippen molar-refractivity contribution in [2.24, 2.45) is 0 Å². The number of halogens is 5. The Morgan fingerprint density at radius 1 is 1.16 bits per heavy atom. The molecule has 1 aliphatic heterocycles. The molecule has 2 heterocycles. The van der Waals surface area contributed by atoms with Crippen LogP contribution in [0.1, 0.15) is 18.3 Å². The van der Waals surface area contributed by atoms with Crippen molar-refractivity contribution in [3.8, 4) is 0 Å². The fourth-order valence-corrected chi connectivity index (χ4v) is 3.70. The zero-order valence-corrected chi connectivity index (χ0v) is 18.3. The summed E-state index contributed by atoms with van der Waals surface area (Å²) in [5.41, 5.74) is 0.232. The molecule has 2 aromatic rings. The van der Waals surface area contributed by atoms with Gasteiger partial charge in [-0.05, 0) is 25.1 Å². The predicted molar refractivity (Wildman–Crippen MR) is 112 cm³/mol. The van der Waals surface area contributed by atoms with Gasteiger partial charge in [-0.15, -0.1) is 0 Å². The van der Waals surface area contributed by atoms with Crippen LogP contribution in [0.4, 0.5) is 24.5 Å². The largest absolute Gasteiger partial charge is 0.436 e. The number of hydrogen-bond donors (Lipinski definition) is 1. The van der Waals surface area contributed by atoms with Crippen LogP contribution in [-0.2, 0) is 22.3 Å². The van der Waals surface area contributed by atoms with Gasteiger partial charge in [-0.3, -0.25) is 14.3 Å². The summed E-state index contributed by atoms with van der Waals surface area (Å²) in [6.07, 6.45) is -4.68. The minimum Gasteiger partial charge on any atom is -0.368 e. The Morgan fingerprint density at radius 3 is 2.35 bits per heavy atom. The van der Waals surface area contributed by atoms with Gasteiger partial charge in [0.2, 0.25) is 11.8 Å². The number of nitrogens with one attached hydrogen (secondary N) is 1. The first-order valence-corrected chi connectivity index (χ1v) is 10.1. The maximum absolute atomic E-state index is 13.0. The molecule has 1 N–H and O–H groups in total. The molecule has 1 saturated heterocycles. The third-order valence-corrected chi connectivity index (χ3v) is 5.73. The van der Waals surface area contributed by atoms with Crippen molar-refractivity contribution >= 4 is 46.4 Å². The molecule has 0 spiro atoms. The van der Waals surface area contributed by atoms with Gasteiger partial charge in [0.05, 0.1) is 21.4 Å². The molecule has 0 saturated carbocycles. The van der Waals surface area contributed by atoms with Crippen LogP contribution in [0.3, 0.4) is 0 Å². The Hall–Kier alpha value is -2.46. The maximum atomic E-state index is 13.0. The van der Waals surface area contributed by atoms with Crippen LogP contribution in [0, 0.1) is 6.92 Å². The Labute approximate surface area is 186 Å². The van der Waals surface area contributed by atoms with E-state index in [-0.39, 0.29) is 24.1 Å². The third kappa shape index (κ3) is 5.24. The normalized spacial score (nSPS) is 14.7. The maximum Gasteiger partial charge on any atom is 0.436 e. The SMILES string of the molecule is CC(=O)Nc1cc(N2CCN(C(=O)Cn3nc(C(F)(F)F)c(Cl)c3C)CC2)ccc1Cl. The van der Waals surface area contributed by atoms with Gasteiger partial charge in [0.15, 0.2) is 5.69 Å². The zero-order valence-electron chi connectivity index (χ0n) is 16.8. The number of carbonyl (C=O) groups excluding carboxylic acids is 2. The van der Waals surface area contributed by atoms with Gasteiger partial charge in [0, 0.05) is 38.8 Å². The molecule has 2 amide bonds. The first-order chi connectivity index (χ1) is 14.5. The van der Waals surface area contributed by atoms with Crippen LogP contribution in [0.15, 0.2) is 18.2 Å². The number of amides is 2. The summed E-state index contributed by atoms with van der Waals surface area (Å²) < 4.78 is 39.9. The van der Waals surface area contributed by atoms with Gasteiger partial charge in [0.25, 0.3) is 0 Å². The molecule has 3 rings (SSSR count). The molecule has 1 aliphatic rings. The summed E-state index contributed by atoms with van der Waals surface area (Å²) in [5.74, 6) is -0.581. The van der Waals surface area contributed by atoms with Crippen LogP contribution in [-0.4, -0.2) is 52.7 Å². The average molecular weight is 478 g/mol. The number of piperazine rings is 1.